The van der Waals surface area contributed by atoms with Crippen molar-refractivity contribution in [1.29, 1.82) is 0 Å². The van der Waals surface area contributed by atoms with Gasteiger partial charge < -0.3 is 10.2 Å². The number of rotatable bonds is 2. The number of hydrogen-bond donors (Lipinski definition) is 1. The summed E-state index contributed by atoms with van der Waals surface area (Å²) in [4.78, 5) is 14.8. The van der Waals surface area contributed by atoms with E-state index >= 15 is 0 Å². The van der Waals surface area contributed by atoms with Crippen LogP contribution in [0.2, 0.25) is 0 Å². The van der Waals surface area contributed by atoms with Gasteiger partial charge in [-0.2, -0.15) is 5.10 Å². The molecule has 0 bridgehead atoms. The maximum Gasteiger partial charge on any atom is 0.257 e. The fourth-order valence-electron chi connectivity index (χ4n) is 3.47. The van der Waals surface area contributed by atoms with Gasteiger partial charge in [-0.25, -0.2) is 0 Å². The molecule has 1 amide bonds. The zero-order valence-electron chi connectivity index (χ0n) is 11.7. The van der Waals surface area contributed by atoms with Crippen molar-refractivity contribution in [2.45, 2.75) is 44.7 Å². The summed E-state index contributed by atoms with van der Waals surface area (Å²) in [5, 5.41) is 7.82. The number of aryl methyl sites for hydroxylation is 2. The van der Waals surface area contributed by atoms with E-state index in [2.05, 4.69) is 15.3 Å². The highest BCUT2D eigenvalue weighted by molar-refractivity contribution is 5.95. The molecule has 0 aliphatic carbocycles. The van der Waals surface area contributed by atoms with Crippen molar-refractivity contribution in [3.05, 3.63) is 17.5 Å². The lowest BCUT2D eigenvalue weighted by molar-refractivity contribution is 0.0710. The first-order chi connectivity index (χ1) is 9.16. The highest BCUT2D eigenvalue weighted by atomic mass is 16.2. The van der Waals surface area contributed by atoms with Crippen molar-refractivity contribution < 1.29 is 4.79 Å². The lowest BCUT2D eigenvalue weighted by Crippen LogP contribution is -2.46. The number of aromatic nitrogens is 2. The molecule has 5 nitrogen and oxygen atoms in total. The highest BCUT2D eigenvalue weighted by Gasteiger charge is 2.36. The quantitative estimate of drug-likeness (QED) is 0.868. The molecule has 2 atom stereocenters. The molecule has 104 valence electrons. The minimum Gasteiger partial charge on any atom is -0.334 e. The molecule has 2 saturated heterocycles. The molecule has 2 fully saturated rings. The Balaban J connectivity index is 1.80. The minimum atomic E-state index is 0.154. The average molecular weight is 262 g/mol. The summed E-state index contributed by atoms with van der Waals surface area (Å²) >= 11 is 0. The third kappa shape index (κ3) is 2.27. The zero-order chi connectivity index (χ0) is 13.4. The van der Waals surface area contributed by atoms with E-state index in [-0.39, 0.29) is 5.91 Å². The van der Waals surface area contributed by atoms with Gasteiger partial charge in [0.25, 0.3) is 5.91 Å². The van der Waals surface area contributed by atoms with E-state index in [0.29, 0.717) is 12.1 Å². The van der Waals surface area contributed by atoms with Gasteiger partial charge in [0.05, 0.1) is 11.3 Å². The van der Waals surface area contributed by atoms with E-state index in [1.54, 1.807) is 4.68 Å². The van der Waals surface area contributed by atoms with Crippen molar-refractivity contribution in [1.82, 2.24) is 20.0 Å². The molecule has 0 radical (unpaired) electrons. The first-order valence-corrected chi connectivity index (χ1v) is 7.21. The first kappa shape index (κ1) is 12.7. The van der Waals surface area contributed by atoms with Crippen LogP contribution in [0.15, 0.2) is 6.20 Å². The lowest BCUT2D eigenvalue weighted by Gasteiger charge is -2.29. The van der Waals surface area contributed by atoms with Crippen LogP contribution in [0, 0.1) is 6.92 Å². The Morgan fingerprint density at radius 3 is 2.89 bits per heavy atom. The Kier molecular flexibility index (Phi) is 3.31. The van der Waals surface area contributed by atoms with E-state index in [1.807, 2.05) is 20.2 Å². The smallest absolute Gasteiger partial charge is 0.257 e. The van der Waals surface area contributed by atoms with Crippen molar-refractivity contribution in [2.24, 2.45) is 7.05 Å². The molecule has 3 rings (SSSR count). The van der Waals surface area contributed by atoms with Crippen molar-refractivity contribution in [3.63, 3.8) is 0 Å². The normalized spacial score (nSPS) is 27.2. The number of amides is 1. The summed E-state index contributed by atoms with van der Waals surface area (Å²) in [6, 6.07) is 0.859. The van der Waals surface area contributed by atoms with Crippen LogP contribution in [-0.4, -0.2) is 45.8 Å². The standard InChI is InChI=1S/C14H22N4O/c1-10-11(9-17(2)16-10)14(19)18-8-4-6-13(18)12-5-3-7-15-12/h9,12-13,15H,3-8H2,1-2H3. The average Bonchev–Trinajstić information content (AvgIpc) is 3.06. The third-order valence-electron chi connectivity index (χ3n) is 4.37. The van der Waals surface area contributed by atoms with E-state index in [1.165, 1.54) is 12.8 Å². The van der Waals surface area contributed by atoms with Crippen LogP contribution in [0.25, 0.3) is 0 Å². The maximum atomic E-state index is 12.7. The molecule has 2 unspecified atom stereocenters. The van der Waals surface area contributed by atoms with Crippen LogP contribution >= 0.6 is 0 Å². The Morgan fingerprint density at radius 1 is 1.42 bits per heavy atom. The molecule has 1 aromatic heterocycles. The van der Waals surface area contributed by atoms with Gasteiger partial charge in [0.2, 0.25) is 0 Å². The van der Waals surface area contributed by atoms with Crippen molar-refractivity contribution in [2.75, 3.05) is 13.1 Å². The monoisotopic (exact) mass is 262 g/mol. The lowest BCUT2D eigenvalue weighted by atomic mass is 10.0. The van der Waals surface area contributed by atoms with Gasteiger partial charge in [-0.05, 0) is 39.2 Å². The number of hydrogen-bond acceptors (Lipinski definition) is 3. The molecule has 2 aliphatic rings. The summed E-state index contributed by atoms with van der Waals surface area (Å²) < 4.78 is 1.72. The van der Waals surface area contributed by atoms with E-state index < -0.39 is 0 Å². The topological polar surface area (TPSA) is 50.2 Å². The molecule has 1 N–H and O–H groups in total. The number of carbonyl (C=O) groups excluding carboxylic acids is 1. The Hall–Kier alpha value is -1.36. The number of carbonyl (C=O) groups is 1. The van der Waals surface area contributed by atoms with Gasteiger partial charge in [-0.3, -0.25) is 9.48 Å². The molecular weight excluding hydrogens is 240 g/mol. The SMILES string of the molecule is Cc1nn(C)cc1C(=O)N1CCCC1C1CCCN1. The molecule has 19 heavy (non-hydrogen) atoms. The summed E-state index contributed by atoms with van der Waals surface area (Å²) in [5.74, 6) is 0.154. The molecule has 0 saturated carbocycles. The van der Waals surface area contributed by atoms with Crippen LogP contribution in [0.5, 0.6) is 0 Å². The van der Waals surface area contributed by atoms with Crippen LogP contribution in [0.4, 0.5) is 0 Å². The van der Waals surface area contributed by atoms with Crippen LogP contribution in [0.1, 0.15) is 41.7 Å². The Bertz CT molecular complexity index is 476. The highest BCUT2D eigenvalue weighted by Crippen LogP contribution is 2.26. The minimum absolute atomic E-state index is 0.154. The van der Waals surface area contributed by atoms with Gasteiger partial charge in [0, 0.05) is 31.9 Å². The van der Waals surface area contributed by atoms with Crippen molar-refractivity contribution in [3.8, 4) is 0 Å². The van der Waals surface area contributed by atoms with Gasteiger partial charge in [-0.1, -0.05) is 0 Å². The van der Waals surface area contributed by atoms with E-state index in [9.17, 15) is 4.79 Å². The van der Waals surface area contributed by atoms with E-state index in [0.717, 1.165) is 37.2 Å². The second kappa shape index (κ2) is 4.96. The van der Waals surface area contributed by atoms with Gasteiger partial charge in [0.1, 0.15) is 0 Å². The zero-order valence-corrected chi connectivity index (χ0v) is 11.7. The van der Waals surface area contributed by atoms with Crippen molar-refractivity contribution >= 4 is 5.91 Å². The molecular formula is C14H22N4O. The molecule has 3 heterocycles. The largest absolute Gasteiger partial charge is 0.334 e. The molecule has 0 spiro atoms. The van der Waals surface area contributed by atoms with Crippen LogP contribution < -0.4 is 5.32 Å². The number of likely N-dealkylation sites (tertiary alicyclic amines) is 1. The predicted molar refractivity (Wildman–Crippen MR) is 73.0 cm³/mol. The molecule has 1 aromatic rings. The first-order valence-electron chi connectivity index (χ1n) is 7.21. The molecule has 2 aliphatic heterocycles. The number of nitrogens with one attached hydrogen (secondary N) is 1. The van der Waals surface area contributed by atoms with Crippen LogP contribution in [-0.2, 0) is 7.05 Å². The molecule has 0 aromatic carbocycles. The maximum absolute atomic E-state index is 12.7. The summed E-state index contributed by atoms with van der Waals surface area (Å²) in [7, 11) is 1.86. The molecule has 5 heteroatoms. The fourth-order valence-corrected chi connectivity index (χ4v) is 3.47. The summed E-state index contributed by atoms with van der Waals surface area (Å²) in [5.41, 5.74) is 1.59. The number of nitrogens with zero attached hydrogens (tertiary/aromatic N) is 3. The Morgan fingerprint density at radius 2 is 2.26 bits per heavy atom. The second-order valence-electron chi connectivity index (χ2n) is 5.71. The third-order valence-corrected chi connectivity index (χ3v) is 4.37. The summed E-state index contributed by atoms with van der Waals surface area (Å²) in [6.07, 6.45) is 6.52. The fraction of sp³-hybridized carbons (Fsp3) is 0.714. The summed E-state index contributed by atoms with van der Waals surface area (Å²) in [6.45, 7) is 3.89. The van der Waals surface area contributed by atoms with Gasteiger partial charge in [-0.15, -0.1) is 0 Å². The van der Waals surface area contributed by atoms with E-state index in [4.69, 9.17) is 0 Å². The predicted octanol–water partition coefficient (Wildman–Crippen LogP) is 1.09. The van der Waals surface area contributed by atoms with Gasteiger partial charge >= 0.3 is 0 Å². The second-order valence-corrected chi connectivity index (χ2v) is 5.71. The van der Waals surface area contributed by atoms with Crippen LogP contribution in [0.3, 0.4) is 0 Å². The van der Waals surface area contributed by atoms with Gasteiger partial charge in [0.15, 0.2) is 0 Å². The Labute approximate surface area is 114 Å².